The van der Waals surface area contributed by atoms with Crippen molar-refractivity contribution in [2.45, 2.75) is 38.9 Å². The van der Waals surface area contributed by atoms with Crippen LogP contribution in [0.3, 0.4) is 0 Å². The molecule has 0 unspecified atom stereocenters. The van der Waals surface area contributed by atoms with Gasteiger partial charge in [0.1, 0.15) is 18.4 Å². The number of nitrogens with one attached hydrogen (secondary N) is 1. The minimum absolute atomic E-state index is 0.0639. The fourth-order valence-electron chi connectivity index (χ4n) is 4.05. The van der Waals surface area contributed by atoms with E-state index in [-0.39, 0.29) is 30.6 Å². The van der Waals surface area contributed by atoms with E-state index in [0.29, 0.717) is 0 Å². The number of anilines is 1. The Hall–Kier alpha value is -3.28. The normalized spacial score (nSPS) is 12.3. The number of rotatable bonds is 12. The van der Waals surface area contributed by atoms with Gasteiger partial charge in [0.05, 0.1) is 5.69 Å². The second-order valence-electron chi connectivity index (χ2n) is 9.79. The molecular weight excluding hydrogens is 599 g/mol. The van der Waals surface area contributed by atoms with Gasteiger partial charge in [-0.2, -0.15) is 12.7 Å². The first-order valence-electron chi connectivity index (χ1n) is 12.7. The molecule has 0 bridgehead atoms. The lowest BCUT2D eigenvalue weighted by atomic mass is 10.0. The molecule has 8 nitrogen and oxygen atoms in total. The van der Waals surface area contributed by atoms with Gasteiger partial charge in [-0.25, -0.2) is 8.70 Å². The minimum Gasteiger partial charge on any atom is -0.352 e. The Kier molecular flexibility index (Phi) is 10.8. The van der Waals surface area contributed by atoms with Gasteiger partial charge in [-0.3, -0.25) is 9.59 Å². The average molecular weight is 634 g/mol. The van der Waals surface area contributed by atoms with Gasteiger partial charge in [0.2, 0.25) is 11.8 Å². The number of carbonyl (C=O) groups is 2. The van der Waals surface area contributed by atoms with Gasteiger partial charge in [0.15, 0.2) is 0 Å². The van der Waals surface area contributed by atoms with E-state index in [1.165, 1.54) is 31.1 Å². The molecule has 0 saturated heterocycles. The summed E-state index contributed by atoms with van der Waals surface area (Å²) in [6.45, 7) is 3.13. The number of halogens is 2. The molecule has 0 saturated carbocycles. The topological polar surface area (TPSA) is 90.0 Å². The number of carbonyl (C=O) groups excluding carboxylic acids is 2. The Bertz CT molecular complexity index is 1390. The maximum absolute atomic E-state index is 14.1. The number of benzene rings is 3. The first kappa shape index (κ1) is 31.3. The van der Waals surface area contributed by atoms with Crippen LogP contribution in [0.1, 0.15) is 25.0 Å². The molecule has 11 heteroatoms. The fraction of sp³-hybridized carbons (Fsp3) is 0.310. The average Bonchev–Trinajstić information content (AvgIpc) is 2.90. The minimum atomic E-state index is -4.15. The van der Waals surface area contributed by atoms with E-state index in [2.05, 4.69) is 21.2 Å². The molecule has 0 aliphatic heterocycles. The summed E-state index contributed by atoms with van der Waals surface area (Å²) in [5.41, 5.74) is 1.73. The Morgan fingerprint density at radius 3 is 2.05 bits per heavy atom. The largest absolute Gasteiger partial charge is 0.352 e. The standard InChI is InChI=1S/C29H34BrFN4O4S/c1-21(2)32-29(37)27(18-22-8-6-5-7-9-22)34(19-23-10-12-24(30)13-11-23)28(36)20-35(40(38,39)33(3)4)26-16-14-25(31)15-17-26/h5-17,21,27H,18-20H2,1-4H3,(H,32,37)/t27-/m0/s1. The molecule has 0 radical (unpaired) electrons. The van der Waals surface area contributed by atoms with Crippen LogP contribution in [-0.2, 0) is 32.8 Å². The highest BCUT2D eigenvalue weighted by Gasteiger charge is 2.34. The van der Waals surface area contributed by atoms with Crippen molar-refractivity contribution in [1.29, 1.82) is 0 Å². The maximum Gasteiger partial charge on any atom is 0.304 e. The lowest BCUT2D eigenvalue weighted by Crippen LogP contribution is -2.55. The van der Waals surface area contributed by atoms with E-state index in [1.54, 1.807) is 0 Å². The molecular formula is C29H34BrFN4O4S. The summed E-state index contributed by atoms with van der Waals surface area (Å²) in [5, 5.41) is 2.91. The van der Waals surface area contributed by atoms with Crippen LogP contribution < -0.4 is 9.62 Å². The number of hydrogen-bond donors (Lipinski definition) is 1. The predicted molar refractivity (Wildman–Crippen MR) is 158 cm³/mol. The molecule has 3 aromatic rings. The molecule has 214 valence electrons. The lowest BCUT2D eigenvalue weighted by Gasteiger charge is -2.34. The highest BCUT2D eigenvalue weighted by Crippen LogP contribution is 2.22. The summed E-state index contributed by atoms with van der Waals surface area (Å²) in [6.07, 6.45) is 0.221. The van der Waals surface area contributed by atoms with E-state index in [4.69, 9.17) is 0 Å². The molecule has 0 aliphatic carbocycles. The van der Waals surface area contributed by atoms with E-state index >= 15 is 0 Å². The molecule has 3 aromatic carbocycles. The summed E-state index contributed by atoms with van der Waals surface area (Å²) < 4.78 is 43.1. The maximum atomic E-state index is 14.1. The zero-order valence-electron chi connectivity index (χ0n) is 22.9. The molecule has 0 heterocycles. The summed E-state index contributed by atoms with van der Waals surface area (Å²) >= 11 is 3.41. The smallest absolute Gasteiger partial charge is 0.304 e. The Morgan fingerprint density at radius 1 is 0.900 bits per heavy atom. The first-order chi connectivity index (χ1) is 18.9. The lowest BCUT2D eigenvalue weighted by molar-refractivity contribution is -0.140. The second-order valence-corrected chi connectivity index (χ2v) is 12.8. The summed E-state index contributed by atoms with van der Waals surface area (Å²) in [7, 11) is -1.44. The van der Waals surface area contributed by atoms with E-state index in [1.807, 2.05) is 68.4 Å². The van der Waals surface area contributed by atoms with E-state index < -0.39 is 34.5 Å². The van der Waals surface area contributed by atoms with Crippen molar-refractivity contribution >= 4 is 43.6 Å². The van der Waals surface area contributed by atoms with Crippen LogP contribution in [-0.4, -0.2) is 62.2 Å². The van der Waals surface area contributed by atoms with Gasteiger partial charge in [0, 0.05) is 37.6 Å². The van der Waals surface area contributed by atoms with Crippen molar-refractivity contribution in [3.05, 3.63) is 100 Å². The quantitative estimate of drug-likeness (QED) is 0.321. The zero-order chi connectivity index (χ0) is 29.4. The summed E-state index contributed by atoms with van der Waals surface area (Å²) in [5.74, 6) is -1.48. The molecule has 1 N–H and O–H groups in total. The van der Waals surface area contributed by atoms with Crippen LogP contribution in [0.15, 0.2) is 83.3 Å². The van der Waals surface area contributed by atoms with Gasteiger partial charge < -0.3 is 10.2 Å². The van der Waals surface area contributed by atoms with Crippen molar-refractivity contribution in [2.75, 3.05) is 24.9 Å². The van der Waals surface area contributed by atoms with Gasteiger partial charge in [-0.05, 0) is 61.4 Å². The molecule has 0 spiro atoms. The zero-order valence-corrected chi connectivity index (χ0v) is 25.3. The summed E-state index contributed by atoms with van der Waals surface area (Å²) in [6, 6.07) is 20.4. The highest BCUT2D eigenvalue weighted by atomic mass is 79.9. The molecule has 2 amide bonds. The van der Waals surface area contributed by atoms with Crippen molar-refractivity contribution in [3.8, 4) is 0 Å². The monoisotopic (exact) mass is 632 g/mol. The Labute approximate surface area is 244 Å². The van der Waals surface area contributed by atoms with Crippen molar-refractivity contribution in [3.63, 3.8) is 0 Å². The third-order valence-corrected chi connectivity index (χ3v) is 8.45. The number of hydrogen-bond acceptors (Lipinski definition) is 4. The molecule has 3 rings (SSSR count). The van der Waals surface area contributed by atoms with Crippen LogP contribution >= 0.6 is 15.9 Å². The SMILES string of the molecule is CC(C)NC(=O)[C@H](Cc1ccccc1)N(Cc1ccc(Br)cc1)C(=O)CN(c1ccc(F)cc1)S(=O)(=O)N(C)C. The van der Waals surface area contributed by atoms with Crippen LogP contribution in [0.5, 0.6) is 0 Å². The van der Waals surface area contributed by atoms with E-state index in [0.717, 1.165) is 36.3 Å². The highest BCUT2D eigenvalue weighted by molar-refractivity contribution is 9.10. The second kappa shape index (κ2) is 13.9. The van der Waals surface area contributed by atoms with Crippen LogP contribution in [0.4, 0.5) is 10.1 Å². The van der Waals surface area contributed by atoms with Crippen molar-refractivity contribution in [2.24, 2.45) is 0 Å². The first-order valence-corrected chi connectivity index (χ1v) is 14.9. The van der Waals surface area contributed by atoms with Crippen LogP contribution in [0.25, 0.3) is 0 Å². The molecule has 0 fully saturated rings. The van der Waals surface area contributed by atoms with Crippen LogP contribution in [0.2, 0.25) is 0 Å². The molecule has 0 aromatic heterocycles. The van der Waals surface area contributed by atoms with Gasteiger partial charge in [-0.15, -0.1) is 0 Å². The predicted octanol–water partition coefficient (Wildman–Crippen LogP) is 4.37. The Morgan fingerprint density at radius 2 is 1.50 bits per heavy atom. The van der Waals surface area contributed by atoms with Gasteiger partial charge in [-0.1, -0.05) is 58.4 Å². The molecule has 0 aliphatic rings. The van der Waals surface area contributed by atoms with E-state index in [9.17, 15) is 22.4 Å². The van der Waals surface area contributed by atoms with Crippen molar-refractivity contribution < 1.29 is 22.4 Å². The Balaban J connectivity index is 2.08. The van der Waals surface area contributed by atoms with Gasteiger partial charge in [0.25, 0.3) is 0 Å². The van der Waals surface area contributed by atoms with Crippen LogP contribution in [0, 0.1) is 5.82 Å². The molecule has 1 atom stereocenters. The third kappa shape index (κ3) is 8.36. The number of nitrogens with zero attached hydrogens (tertiary/aromatic N) is 3. The third-order valence-electron chi connectivity index (χ3n) is 6.10. The van der Waals surface area contributed by atoms with Crippen molar-refractivity contribution in [1.82, 2.24) is 14.5 Å². The fourth-order valence-corrected chi connectivity index (χ4v) is 5.37. The van der Waals surface area contributed by atoms with Gasteiger partial charge >= 0.3 is 10.2 Å². The molecule has 40 heavy (non-hydrogen) atoms. The number of amides is 2. The summed E-state index contributed by atoms with van der Waals surface area (Å²) in [4.78, 5) is 29.1.